The maximum Gasteiger partial charge on any atom is 0.362 e. The molecule has 94 valence electrons. The lowest BCUT2D eigenvalue weighted by Gasteiger charge is -2.17. The third-order valence-corrected chi connectivity index (χ3v) is 4.28. The summed E-state index contributed by atoms with van der Waals surface area (Å²) >= 11 is 0. The molecule has 0 saturated carbocycles. The van der Waals surface area contributed by atoms with Crippen molar-refractivity contribution in [2.24, 2.45) is 0 Å². The van der Waals surface area contributed by atoms with E-state index in [1.165, 1.54) is 20.3 Å². The van der Waals surface area contributed by atoms with Crippen LogP contribution in [0.2, 0.25) is 0 Å². The summed E-state index contributed by atoms with van der Waals surface area (Å²) in [4.78, 5) is 0. The highest BCUT2D eigenvalue weighted by molar-refractivity contribution is 7.54. The number of rotatable bonds is 5. The largest absolute Gasteiger partial charge is 0.377 e. The second-order valence-electron chi connectivity index (χ2n) is 3.53. The molecule has 0 unspecified atom stereocenters. The molecule has 5 heteroatoms. The van der Waals surface area contributed by atoms with Crippen LogP contribution in [-0.2, 0) is 13.6 Å². The quantitative estimate of drug-likeness (QED) is 0.823. The van der Waals surface area contributed by atoms with Gasteiger partial charge in [-0.15, -0.1) is 0 Å². The molecular formula is C12H17O4P. The van der Waals surface area contributed by atoms with Crippen molar-refractivity contribution in [3.63, 3.8) is 0 Å². The van der Waals surface area contributed by atoms with E-state index < -0.39 is 13.4 Å². The highest BCUT2D eigenvalue weighted by Crippen LogP contribution is 2.51. The molecule has 1 aromatic rings. The number of benzene rings is 1. The van der Waals surface area contributed by atoms with Crippen LogP contribution < -0.4 is 0 Å². The van der Waals surface area contributed by atoms with Crippen LogP contribution >= 0.6 is 7.60 Å². The maximum atomic E-state index is 11.9. The Balaban J connectivity index is 2.93. The van der Waals surface area contributed by atoms with Crippen molar-refractivity contribution in [1.29, 1.82) is 0 Å². The summed E-state index contributed by atoms with van der Waals surface area (Å²) in [5, 5.41) is 9.81. The van der Waals surface area contributed by atoms with E-state index in [0.717, 1.165) is 11.1 Å². The molecule has 0 aliphatic rings. The van der Waals surface area contributed by atoms with Gasteiger partial charge in [0.25, 0.3) is 0 Å². The van der Waals surface area contributed by atoms with Gasteiger partial charge >= 0.3 is 7.60 Å². The summed E-state index contributed by atoms with van der Waals surface area (Å²) in [6.45, 7) is 1.83. The molecule has 4 nitrogen and oxygen atoms in total. The molecule has 0 aromatic heterocycles. The first-order valence-electron chi connectivity index (χ1n) is 5.16. The van der Waals surface area contributed by atoms with Gasteiger partial charge in [0.05, 0.1) is 0 Å². The zero-order chi connectivity index (χ0) is 12.9. The number of aliphatic hydroxyl groups is 1. The van der Waals surface area contributed by atoms with Gasteiger partial charge in [-0.2, -0.15) is 0 Å². The van der Waals surface area contributed by atoms with Gasteiger partial charge in [-0.1, -0.05) is 30.3 Å². The third-order valence-electron chi connectivity index (χ3n) is 2.46. The van der Waals surface area contributed by atoms with E-state index in [1.54, 1.807) is 0 Å². The fourth-order valence-electron chi connectivity index (χ4n) is 1.40. The summed E-state index contributed by atoms with van der Waals surface area (Å²) in [5.41, 5.74) is 1.76. The van der Waals surface area contributed by atoms with Crippen LogP contribution in [-0.4, -0.2) is 25.2 Å². The van der Waals surface area contributed by atoms with Crippen LogP contribution in [0.5, 0.6) is 0 Å². The SMILES string of the molecule is COP(=O)(OC)[C@H](O)C=C(C)c1ccccc1. The molecule has 0 heterocycles. The summed E-state index contributed by atoms with van der Waals surface area (Å²) in [7, 11) is -0.969. The Hall–Kier alpha value is -0.930. The van der Waals surface area contributed by atoms with Crippen LogP contribution in [0.1, 0.15) is 12.5 Å². The van der Waals surface area contributed by atoms with Crippen molar-refractivity contribution in [3.05, 3.63) is 42.0 Å². The third kappa shape index (κ3) is 3.51. The van der Waals surface area contributed by atoms with E-state index in [4.69, 9.17) is 9.05 Å². The Kier molecular flexibility index (Phi) is 5.09. The number of hydrogen-bond donors (Lipinski definition) is 1. The normalized spacial score (nSPS) is 14.7. The summed E-state index contributed by atoms with van der Waals surface area (Å²) in [6, 6.07) is 9.51. The van der Waals surface area contributed by atoms with Gasteiger partial charge in [0.2, 0.25) is 0 Å². The van der Waals surface area contributed by atoms with Gasteiger partial charge in [-0.25, -0.2) is 0 Å². The lowest BCUT2D eigenvalue weighted by molar-refractivity contribution is 0.201. The van der Waals surface area contributed by atoms with Gasteiger partial charge in [0.15, 0.2) is 5.85 Å². The van der Waals surface area contributed by atoms with Crippen LogP contribution in [0.25, 0.3) is 5.57 Å². The molecule has 0 fully saturated rings. The minimum Gasteiger partial charge on any atom is -0.377 e. The molecule has 0 bridgehead atoms. The van der Waals surface area contributed by atoms with Crippen LogP contribution in [0.15, 0.2) is 36.4 Å². The molecular weight excluding hydrogens is 239 g/mol. The maximum absolute atomic E-state index is 11.9. The Bertz CT molecular complexity index is 419. The average Bonchev–Trinajstić information content (AvgIpc) is 2.38. The second-order valence-corrected chi connectivity index (χ2v) is 5.87. The second kappa shape index (κ2) is 6.12. The number of allylic oxidation sites excluding steroid dienone is 1. The minimum absolute atomic E-state index is 0.812. The van der Waals surface area contributed by atoms with E-state index in [0.29, 0.717) is 0 Å². The van der Waals surface area contributed by atoms with E-state index in [9.17, 15) is 9.67 Å². The predicted octanol–water partition coefficient (Wildman–Crippen LogP) is 2.89. The van der Waals surface area contributed by atoms with Gasteiger partial charge < -0.3 is 14.2 Å². The van der Waals surface area contributed by atoms with Crippen molar-refractivity contribution in [2.75, 3.05) is 14.2 Å². The molecule has 0 radical (unpaired) electrons. The fourth-order valence-corrected chi connectivity index (χ4v) is 2.39. The summed E-state index contributed by atoms with van der Waals surface area (Å²) < 4.78 is 21.3. The van der Waals surface area contributed by atoms with Crippen LogP contribution in [0.3, 0.4) is 0 Å². The van der Waals surface area contributed by atoms with Crippen molar-refractivity contribution in [3.8, 4) is 0 Å². The molecule has 1 aromatic carbocycles. The van der Waals surface area contributed by atoms with Crippen LogP contribution in [0, 0.1) is 0 Å². The first-order chi connectivity index (χ1) is 8.03. The molecule has 0 aliphatic heterocycles. The van der Waals surface area contributed by atoms with Crippen molar-refractivity contribution in [1.82, 2.24) is 0 Å². The molecule has 1 N–H and O–H groups in total. The monoisotopic (exact) mass is 256 g/mol. The Morgan fingerprint density at radius 3 is 2.29 bits per heavy atom. The molecule has 0 aliphatic carbocycles. The molecule has 1 rings (SSSR count). The molecule has 17 heavy (non-hydrogen) atoms. The Labute approximate surface area is 101 Å². The van der Waals surface area contributed by atoms with E-state index in [-0.39, 0.29) is 0 Å². The standard InChI is InChI=1S/C12H17O4P/c1-10(11-7-5-4-6-8-11)9-12(13)17(14,15-2)16-3/h4-9,12-13H,1-3H3/t12-/m0/s1. The molecule has 0 saturated heterocycles. The first-order valence-corrected chi connectivity index (χ1v) is 6.78. The van der Waals surface area contributed by atoms with Crippen molar-refractivity contribution >= 4 is 13.2 Å². The zero-order valence-corrected chi connectivity index (χ0v) is 11.1. The van der Waals surface area contributed by atoms with E-state index in [1.807, 2.05) is 37.3 Å². The first kappa shape index (κ1) is 14.1. The average molecular weight is 256 g/mol. The van der Waals surface area contributed by atoms with Gasteiger partial charge in [0.1, 0.15) is 0 Å². The predicted molar refractivity (Wildman–Crippen MR) is 67.7 cm³/mol. The molecule has 0 spiro atoms. The van der Waals surface area contributed by atoms with Crippen LogP contribution in [0.4, 0.5) is 0 Å². The molecule has 1 atom stereocenters. The lowest BCUT2D eigenvalue weighted by Crippen LogP contribution is -2.07. The lowest BCUT2D eigenvalue weighted by atomic mass is 10.1. The minimum atomic E-state index is -3.47. The summed E-state index contributed by atoms with van der Waals surface area (Å²) in [6.07, 6.45) is 1.48. The van der Waals surface area contributed by atoms with Crippen molar-refractivity contribution in [2.45, 2.75) is 12.8 Å². The Morgan fingerprint density at radius 2 is 1.82 bits per heavy atom. The Morgan fingerprint density at radius 1 is 1.29 bits per heavy atom. The summed E-state index contributed by atoms with van der Waals surface area (Å²) in [5.74, 6) is -1.27. The highest BCUT2D eigenvalue weighted by atomic mass is 31.2. The van der Waals surface area contributed by atoms with Crippen molar-refractivity contribution < 1.29 is 18.7 Å². The number of aliphatic hydroxyl groups excluding tert-OH is 1. The topological polar surface area (TPSA) is 55.8 Å². The smallest absolute Gasteiger partial charge is 0.362 e. The highest BCUT2D eigenvalue weighted by Gasteiger charge is 2.30. The fraction of sp³-hybridized carbons (Fsp3) is 0.333. The van der Waals surface area contributed by atoms with Gasteiger partial charge in [0, 0.05) is 14.2 Å². The zero-order valence-electron chi connectivity index (χ0n) is 10.2. The van der Waals surface area contributed by atoms with E-state index in [2.05, 4.69) is 0 Å². The van der Waals surface area contributed by atoms with Gasteiger partial charge in [-0.05, 0) is 24.1 Å². The number of hydrogen-bond acceptors (Lipinski definition) is 4. The molecule has 0 amide bonds. The van der Waals surface area contributed by atoms with E-state index >= 15 is 0 Å². The van der Waals surface area contributed by atoms with Gasteiger partial charge in [-0.3, -0.25) is 4.57 Å².